The summed E-state index contributed by atoms with van der Waals surface area (Å²) in [4.78, 5) is 13.0. The summed E-state index contributed by atoms with van der Waals surface area (Å²) >= 11 is 18.4. The molecule has 32 heavy (non-hydrogen) atoms. The predicted molar refractivity (Wildman–Crippen MR) is 127 cm³/mol. The molecule has 1 unspecified atom stereocenters. The van der Waals surface area contributed by atoms with Gasteiger partial charge >= 0.3 is 0 Å². The Morgan fingerprint density at radius 1 is 1.09 bits per heavy atom. The summed E-state index contributed by atoms with van der Waals surface area (Å²) in [7, 11) is -0.800. The number of ether oxygens (including phenoxy) is 2. The number of benzene rings is 2. The number of amides is 1. The van der Waals surface area contributed by atoms with Crippen LogP contribution in [-0.4, -0.2) is 45.9 Å². The number of anilines is 1. The third kappa shape index (κ3) is 5.61. The van der Waals surface area contributed by atoms with E-state index in [0.717, 1.165) is 0 Å². The fourth-order valence-corrected chi connectivity index (χ4v) is 6.14. The van der Waals surface area contributed by atoms with Crippen molar-refractivity contribution in [2.45, 2.75) is 18.6 Å². The first-order valence-corrected chi connectivity index (χ1v) is 12.5. The lowest BCUT2D eigenvalue weighted by molar-refractivity contribution is -0.120. The van der Waals surface area contributed by atoms with Gasteiger partial charge < -0.3 is 14.8 Å². The topological polar surface area (TPSA) is 84.9 Å². The molecule has 2 aromatic rings. The molecule has 1 heterocycles. The summed E-state index contributed by atoms with van der Waals surface area (Å²) in [6.07, 6.45) is 1.10. The molecule has 2 aromatic carbocycles. The molecule has 0 aromatic heterocycles. The van der Waals surface area contributed by atoms with Crippen LogP contribution in [-0.2, 0) is 20.6 Å². The fourth-order valence-electron chi connectivity index (χ4n) is 3.55. The molecule has 174 valence electrons. The number of nitrogens with one attached hydrogen (secondary N) is 1. The van der Waals surface area contributed by atoms with Crippen LogP contribution in [0.25, 0.3) is 0 Å². The summed E-state index contributed by atoms with van der Waals surface area (Å²) in [6, 6.07) is 7.95. The first-order valence-electron chi connectivity index (χ1n) is 9.79. The van der Waals surface area contributed by atoms with Gasteiger partial charge in [0, 0.05) is 40.8 Å². The van der Waals surface area contributed by atoms with Crippen molar-refractivity contribution in [1.82, 2.24) is 4.31 Å². The Balaban J connectivity index is 1.75. The maximum Gasteiger partial charge on any atom is 0.228 e. The largest absolute Gasteiger partial charge is 0.495 e. The summed E-state index contributed by atoms with van der Waals surface area (Å²) < 4.78 is 37.9. The molecule has 0 radical (unpaired) electrons. The zero-order chi connectivity index (χ0) is 23.5. The molecule has 1 aliphatic rings. The predicted octanol–water partition coefficient (Wildman–Crippen LogP) is 4.84. The molecule has 1 N–H and O–H groups in total. The molecule has 1 atom stereocenters. The number of halogens is 3. The summed E-state index contributed by atoms with van der Waals surface area (Å²) in [6.45, 7) is 0.384. The number of hydrogen-bond donors (Lipinski definition) is 1. The van der Waals surface area contributed by atoms with E-state index in [4.69, 9.17) is 44.3 Å². The smallest absolute Gasteiger partial charge is 0.228 e. The third-order valence-electron chi connectivity index (χ3n) is 5.27. The Morgan fingerprint density at radius 3 is 2.38 bits per heavy atom. The minimum Gasteiger partial charge on any atom is -0.495 e. The molecule has 1 fully saturated rings. The Kier molecular flexibility index (Phi) is 8.16. The number of piperidine rings is 1. The number of rotatable bonds is 7. The van der Waals surface area contributed by atoms with Crippen molar-refractivity contribution in [3.05, 3.63) is 51.0 Å². The Morgan fingerprint density at radius 2 is 1.75 bits per heavy atom. The van der Waals surface area contributed by atoms with E-state index in [2.05, 4.69) is 5.32 Å². The lowest BCUT2D eigenvalue weighted by atomic mass is 9.98. The number of carbonyl (C=O) groups excluding carboxylic acids is 1. The molecule has 1 amide bonds. The van der Waals surface area contributed by atoms with Gasteiger partial charge in [-0.25, -0.2) is 12.7 Å². The van der Waals surface area contributed by atoms with Gasteiger partial charge in [0.15, 0.2) is 0 Å². The van der Waals surface area contributed by atoms with Crippen molar-refractivity contribution in [2.75, 3.05) is 32.6 Å². The van der Waals surface area contributed by atoms with Crippen LogP contribution >= 0.6 is 34.8 Å². The highest BCUT2D eigenvalue weighted by Crippen LogP contribution is 2.36. The zero-order valence-corrected chi connectivity index (χ0v) is 20.6. The first kappa shape index (κ1) is 24.9. The molecular weight excluding hydrogens is 499 g/mol. The SMILES string of the molecule is COc1cc(NC(=O)C2CCCN(S(=O)(=O)Cc3c(Cl)cccc3Cl)C2)c(OC)cc1Cl. The maximum atomic E-state index is 13.0. The minimum atomic E-state index is -3.73. The average molecular weight is 522 g/mol. The van der Waals surface area contributed by atoms with Crippen LogP contribution in [0.2, 0.25) is 15.1 Å². The second kappa shape index (κ2) is 10.5. The van der Waals surface area contributed by atoms with Crippen LogP contribution in [0.15, 0.2) is 30.3 Å². The highest BCUT2D eigenvalue weighted by atomic mass is 35.5. The lowest BCUT2D eigenvalue weighted by Crippen LogP contribution is -2.44. The van der Waals surface area contributed by atoms with Crippen LogP contribution in [0, 0.1) is 5.92 Å². The van der Waals surface area contributed by atoms with Crippen molar-refractivity contribution in [1.29, 1.82) is 0 Å². The van der Waals surface area contributed by atoms with E-state index in [0.29, 0.717) is 47.2 Å². The highest BCUT2D eigenvalue weighted by molar-refractivity contribution is 7.88. The molecule has 1 saturated heterocycles. The molecule has 0 spiro atoms. The van der Waals surface area contributed by atoms with Crippen molar-refractivity contribution in [3.63, 3.8) is 0 Å². The first-order chi connectivity index (χ1) is 15.2. The highest BCUT2D eigenvalue weighted by Gasteiger charge is 2.33. The van der Waals surface area contributed by atoms with Crippen molar-refractivity contribution in [3.8, 4) is 11.5 Å². The van der Waals surface area contributed by atoms with E-state index in [1.807, 2.05) is 0 Å². The standard InChI is InChI=1S/C21H23Cl3N2O5S/c1-30-19-10-18(20(31-2)9-17(19)24)25-21(27)13-5-4-8-26(11-13)32(28,29)12-14-15(22)6-3-7-16(14)23/h3,6-7,9-10,13H,4-5,8,11-12H2,1-2H3,(H,25,27). The summed E-state index contributed by atoms with van der Waals surface area (Å²) in [5.74, 6) is -0.429. The molecule has 11 heteroatoms. The van der Waals surface area contributed by atoms with Crippen LogP contribution in [0.1, 0.15) is 18.4 Å². The van der Waals surface area contributed by atoms with E-state index in [1.54, 1.807) is 30.3 Å². The average Bonchev–Trinajstić information content (AvgIpc) is 2.77. The molecule has 0 saturated carbocycles. The number of carbonyl (C=O) groups is 1. The lowest BCUT2D eigenvalue weighted by Gasteiger charge is -2.31. The zero-order valence-electron chi connectivity index (χ0n) is 17.5. The number of nitrogens with zero attached hydrogens (tertiary/aromatic N) is 1. The van der Waals surface area contributed by atoms with Gasteiger partial charge in [0.1, 0.15) is 11.5 Å². The van der Waals surface area contributed by atoms with E-state index < -0.39 is 15.9 Å². The molecule has 3 rings (SSSR count). The Bertz CT molecular complexity index is 1090. The Hall–Kier alpha value is -1.71. The van der Waals surface area contributed by atoms with Gasteiger partial charge in [-0.15, -0.1) is 0 Å². The van der Waals surface area contributed by atoms with E-state index >= 15 is 0 Å². The second-order valence-electron chi connectivity index (χ2n) is 7.33. The number of sulfonamides is 1. The molecule has 0 bridgehead atoms. The molecule has 0 aliphatic carbocycles. The fraction of sp³-hybridized carbons (Fsp3) is 0.381. The second-order valence-corrected chi connectivity index (χ2v) is 10.5. The number of hydrogen-bond acceptors (Lipinski definition) is 5. The Labute approximate surface area is 202 Å². The van der Waals surface area contributed by atoms with Crippen LogP contribution < -0.4 is 14.8 Å². The van der Waals surface area contributed by atoms with Gasteiger partial charge in [-0.2, -0.15) is 0 Å². The van der Waals surface area contributed by atoms with Gasteiger partial charge in [-0.05, 0) is 25.0 Å². The normalized spacial score (nSPS) is 17.1. The van der Waals surface area contributed by atoms with Crippen LogP contribution in [0.4, 0.5) is 5.69 Å². The third-order valence-corrected chi connectivity index (χ3v) is 8.04. The molecule has 1 aliphatic heterocycles. The quantitative estimate of drug-likeness (QED) is 0.563. The van der Waals surface area contributed by atoms with Crippen molar-refractivity contribution in [2.24, 2.45) is 5.92 Å². The number of methoxy groups -OCH3 is 2. The van der Waals surface area contributed by atoms with E-state index in [-0.39, 0.29) is 28.3 Å². The van der Waals surface area contributed by atoms with E-state index in [1.165, 1.54) is 18.5 Å². The maximum absolute atomic E-state index is 13.0. The minimum absolute atomic E-state index is 0.0588. The van der Waals surface area contributed by atoms with Crippen LogP contribution in [0.3, 0.4) is 0 Å². The van der Waals surface area contributed by atoms with Crippen LogP contribution in [0.5, 0.6) is 11.5 Å². The monoisotopic (exact) mass is 520 g/mol. The van der Waals surface area contributed by atoms with Gasteiger partial charge in [0.2, 0.25) is 15.9 Å². The van der Waals surface area contributed by atoms with Crippen molar-refractivity contribution < 1.29 is 22.7 Å². The van der Waals surface area contributed by atoms with Gasteiger partial charge in [0.25, 0.3) is 0 Å². The van der Waals surface area contributed by atoms with E-state index in [9.17, 15) is 13.2 Å². The van der Waals surface area contributed by atoms with Crippen molar-refractivity contribution >= 4 is 56.4 Å². The van der Waals surface area contributed by atoms with Gasteiger partial charge in [-0.1, -0.05) is 40.9 Å². The summed E-state index contributed by atoms with van der Waals surface area (Å²) in [5, 5.41) is 3.73. The van der Waals surface area contributed by atoms with Gasteiger partial charge in [0.05, 0.1) is 36.6 Å². The molecule has 7 nitrogen and oxygen atoms in total. The molecular formula is C21H23Cl3N2O5S. The van der Waals surface area contributed by atoms with Gasteiger partial charge in [-0.3, -0.25) is 4.79 Å². The summed E-state index contributed by atoms with van der Waals surface area (Å²) in [5.41, 5.74) is 0.738.